The van der Waals surface area contributed by atoms with Crippen LogP contribution in [0.15, 0.2) is 23.3 Å². The van der Waals surface area contributed by atoms with Gasteiger partial charge >= 0.3 is 17.9 Å². The highest BCUT2D eigenvalue weighted by Gasteiger charge is 2.69. The van der Waals surface area contributed by atoms with Crippen molar-refractivity contribution in [3.63, 3.8) is 0 Å². The monoisotopic (exact) mass is 838 g/mol. The smallest absolute Gasteiger partial charge is 0.335 e. The Kier molecular flexibility index (Phi) is 10.9. The van der Waals surface area contributed by atoms with Gasteiger partial charge in [0.2, 0.25) is 0 Å². The first-order valence-corrected chi connectivity index (χ1v) is 20.7. The summed E-state index contributed by atoms with van der Waals surface area (Å²) in [7, 11) is 0. The van der Waals surface area contributed by atoms with Crippen molar-refractivity contribution in [2.75, 3.05) is 0 Å². The number of carboxylic acids is 3. The van der Waals surface area contributed by atoms with Gasteiger partial charge < -0.3 is 70.0 Å². The SMILES string of the molecule is CC1(C)[C@@H](O[C@@H]2O[C@H](C(=O)O)[C@@H](O)[C@H](O)[C@H]2O)[C@H](O)C[C@@]2(C)[C@H]3C=CC4=C5C[C@](C)(C(=O)O)[C@H](O[C@@H]6O[C@H](C(=O)O)[C@@H](O)[C@H](O)[C@H]6O)C[C@]5(C)CC[C@@]4(C)[C@]3(C)CC[C@@H]12. The minimum Gasteiger partial charge on any atom is -0.481 e. The molecule has 7 rings (SSSR count). The molecule has 0 aromatic carbocycles. The number of carbonyl (C=O) groups is 3. The molecule has 17 nitrogen and oxygen atoms in total. The molecule has 7 aliphatic rings. The molecule has 0 spiro atoms. The predicted octanol–water partition coefficient (Wildman–Crippen LogP) is 0.928. The Labute approximate surface area is 342 Å². The topological polar surface area (TPSA) is 290 Å². The van der Waals surface area contributed by atoms with Gasteiger partial charge in [0.25, 0.3) is 0 Å². The molecule has 2 saturated heterocycles. The first kappa shape index (κ1) is 44.5. The van der Waals surface area contributed by atoms with E-state index in [1.807, 2.05) is 13.8 Å². The number of aliphatic hydroxyl groups excluding tert-OH is 7. The van der Waals surface area contributed by atoms with Crippen LogP contribution < -0.4 is 0 Å². The zero-order valence-corrected chi connectivity index (χ0v) is 34.6. The Morgan fingerprint density at radius 3 is 1.76 bits per heavy atom. The second-order valence-corrected chi connectivity index (χ2v) is 20.5. The second-order valence-electron chi connectivity index (χ2n) is 20.5. The summed E-state index contributed by atoms with van der Waals surface area (Å²) in [5.41, 5.74) is -2.08. The summed E-state index contributed by atoms with van der Waals surface area (Å²) >= 11 is 0. The summed E-state index contributed by atoms with van der Waals surface area (Å²) in [6.07, 6.45) is -13.5. The molecule has 2 heterocycles. The summed E-state index contributed by atoms with van der Waals surface area (Å²) in [6.45, 7) is 14.3. The predicted molar refractivity (Wildman–Crippen MR) is 202 cm³/mol. The van der Waals surface area contributed by atoms with E-state index in [-0.39, 0.29) is 30.1 Å². The Bertz CT molecular complexity index is 1780. The molecule has 20 atom stereocenters. The minimum atomic E-state index is -1.92. The van der Waals surface area contributed by atoms with Gasteiger partial charge in [-0.25, -0.2) is 9.59 Å². The second kappa shape index (κ2) is 14.5. The molecular formula is C42H62O17. The lowest BCUT2D eigenvalue weighted by molar-refractivity contribution is -0.334. The maximum absolute atomic E-state index is 13.2. The van der Waals surface area contributed by atoms with Crippen LogP contribution in [0.5, 0.6) is 0 Å². The average molecular weight is 839 g/mol. The van der Waals surface area contributed by atoms with Gasteiger partial charge in [0.05, 0.1) is 23.7 Å². The Hall–Kier alpha value is -2.55. The number of carboxylic acid groups (broad SMARTS) is 3. The molecule has 0 aromatic rings. The van der Waals surface area contributed by atoms with Crippen LogP contribution in [0.25, 0.3) is 0 Å². The molecule has 0 radical (unpaired) electrons. The fourth-order valence-corrected chi connectivity index (χ4v) is 13.2. The molecule has 0 unspecified atom stereocenters. The van der Waals surface area contributed by atoms with E-state index in [9.17, 15) is 65.4 Å². The van der Waals surface area contributed by atoms with Crippen LogP contribution in [0.3, 0.4) is 0 Å². The van der Waals surface area contributed by atoms with Gasteiger partial charge in [0.15, 0.2) is 24.8 Å². The van der Waals surface area contributed by atoms with Crippen LogP contribution in [-0.2, 0) is 33.3 Å². The Morgan fingerprint density at radius 1 is 0.695 bits per heavy atom. The van der Waals surface area contributed by atoms with Gasteiger partial charge in [-0.2, -0.15) is 0 Å². The molecule has 5 aliphatic carbocycles. The highest BCUT2D eigenvalue weighted by atomic mass is 16.7. The first-order valence-electron chi connectivity index (χ1n) is 20.7. The van der Waals surface area contributed by atoms with Gasteiger partial charge in [-0.15, -0.1) is 0 Å². The highest BCUT2D eigenvalue weighted by molar-refractivity contribution is 5.76. The van der Waals surface area contributed by atoms with Crippen LogP contribution in [0.1, 0.15) is 93.4 Å². The molecule has 3 saturated carbocycles. The van der Waals surface area contributed by atoms with Crippen LogP contribution >= 0.6 is 0 Å². The van der Waals surface area contributed by atoms with Crippen molar-refractivity contribution >= 4 is 17.9 Å². The number of hydrogen-bond acceptors (Lipinski definition) is 14. The number of aliphatic carboxylic acids is 3. The van der Waals surface area contributed by atoms with Crippen molar-refractivity contribution < 1.29 is 84.4 Å². The number of aliphatic hydroxyl groups is 7. The van der Waals surface area contributed by atoms with Gasteiger partial charge in [0, 0.05) is 0 Å². The van der Waals surface area contributed by atoms with E-state index < -0.39 is 125 Å². The lowest BCUT2D eigenvalue weighted by Crippen LogP contribution is -2.67. The average Bonchev–Trinajstić information content (AvgIpc) is 3.14. The third-order valence-electron chi connectivity index (χ3n) is 16.9. The number of rotatable bonds is 7. The van der Waals surface area contributed by atoms with E-state index in [1.54, 1.807) is 6.92 Å². The third kappa shape index (κ3) is 6.39. The number of fused-ring (bicyclic) bond motifs is 6. The standard InChI is InChI=1S/C42H62O17/c1-37(2)20-10-11-42(7)21(39(20,4)15-19(43)31(37)59-35-28(49)24(45)26(47)30(58-35)33(52)53)9-8-17-18-14-40(5,36(54)55)22(16-38(18,3)12-13-41(17,42)6)56-34-27(48)23(44)25(46)29(57-34)32(50)51/h8-9,19-31,34-35,43-49H,10-16H2,1-7H3,(H,50,51)(H,52,53)(H,54,55)/t19-,20+,21-,22-,23+,24+,25+,26+,27-,28-,29+,30+,31+,34-,35+,38+,39-,40+,41-,42-/m1/s1. The molecule has 2 aliphatic heterocycles. The number of hydrogen-bond donors (Lipinski definition) is 10. The van der Waals surface area contributed by atoms with Crippen molar-refractivity contribution in [2.45, 2.75) is 173 Å². The number of ether oxygens (including phenoxy) is 4. The highest BCUT2D eigenvalue weighted by Crippen LogP contribution is 2.74. The van der Waals surface area contributed by atoms with Gasteiger partial charge in [-0.05, 0) is 96.4 Å². The van der Waals surface area contributed by atoms with Crippen LogP contribution in [0.2, 0.25) is 0 Å². The normalized spacial score (nSPS) is 53.0. The summed E-state index contributed by atoms with van der Waals surface area (Å²) in [4.78, 5) is 36.8. The van der Waals surface area contributed by atoms with E-state index in [2.05, 4.69) is 39.8 Å². The zero-order valence-electron chi connectivity index (χ0n) is 34.6. The van der Waals surface area contributed by atoms with Gasteiger partial charge in [-0.3, -0.25) is 4.79 Å². The van der Waals surface area contributed by atoms with E-state index in [0.717, 1.165) is 30.4 Å². The fourth-order valence-electron chi connectivity index (χ4n) is 13.2. The lowest BCUT2D eigenvalue weighted by atomic mass is 9.35. The summed E-state index contributed by atoms with van der Waals surface area (Å²) < 4.78 is 23.3. The maximum atomic E-state index is 13.2. The molecule has 59 heavy (non-hydrogen) atoms. The van der Waals surface area contributed by atoms with E-state index in [0.29, 0.717) is 12.8 Å². The quantitative estimate of drug-likeness (QED) is 0.160. The van der Waals surface area contributed by atoms with Crippen LogP contribution in [-0.4, -0.2) is 149 Å². The molecule has 10 N–H and O–H groups in total. The van der Waals surface area contributed by atoms with Crippen molar-refractivity contribution in [1.82, 2.24) is 0 Å². The van der Waals surface area contributed by atoms with Crippen molar-refractivity contribution in [3.8, 4) is 0 Å². The summed E-state index contributed by atoms with van der Waals surface area (Å²) in [5, 5.41) is 105. The Morgan fingerprint density at radius 2 is 1.24 bits per heavy atom. The summed E-state index contributed by atoms with van der Waals surface area (Å²) in [6, 6.07) is 0. The van der Waals surface area contributed by atoms with Crippen LogP contribution in [0, 0.1) is 44.3 Å². The van der Waals surface area contributed by atoms with Crippen molar-refractivity contribution in [2.24, 2.45) is 44.3 Å². The third-order valence-corrected chi connectivity index (χ3v) is 16.9. The van der Waals surface area contributed by atoms with Crippen LogP contribution in [0.4, 0.5) is 0 Å². The zero-order chi connectivity index (χ0) is 43.7. The first-order chi connectivity index (χ1) is 27.2. The largest absolute Gasteiger partial charge is 0.481 e. The molecule has 0 bridgehead atoms. The molecule has 17 heteroatoms. The molecule has 332 valence electrons. The van der Waals surface area contributed by atoms with E-state index >= 15 is 0 Å². The lowest BCUT2D eigenvalue weighted by Gasteiger charge is -2.70. The Balaban J connectivity index is 1.19. The van der Waals surface area contributed by atoms with E-state index in [1.165, 1.54) is 0 Å². The van der Waals surface area contributed by atoms with Crippen molar-refractivity contribution in [1.29, 1.82) is 0 Å². The van der Waals surface area contributed by atoms with E-state index in [4.69, 9.17) is 18.9 Å². The molecule has 0 aromatic heterocycles. The molecule has 0 amide bonds. The fraction of sp³-hybridized carbons (Fsp3) is 0.833. The van der Waals surface area contributed by atoms with Crippen molar-refractivity contribution in [3.05, 3.63) is 23.3 Å². The number of allylic oxidation sites excluding steroid dienone is 4. The van der Waals surface area contributed by atoms with Gasteiger partial charge in [0.1, 0.15) is 36.6 Å². The minimum absolute atomic E-state index is 0.0371. The molecule has 5 fully saturated rings. The molecular weight excluding hydrogens is 776 g/mol. The van der Waals surface area contributed by atoms with Gasteiger partial charge in [-0.1, -0.05) is 59.3 Å². The summed E-state index contributed by atoms with van der Waals surface area (Å²) in [5.74, 6) is -4.35. The maximum Gasteiger partial charge on any atom is 0.335 e.